The number of amides is 2. The highest BCUT2D eigenvalue weighted by Crippen LogP contribution is 2.27. The number of carbonyl (C=O) groups is 2. The van der Waals surface area contributed by atoms with Crippen LogP contribution in [0.25, 0.3) is 6.08 Å². The van der Waals surface area contributed by atoms with E-state index in [0.717, 1.165) is 16.9 Å². The molecule has 5 heteroatoms. The van der Waals surface area contributed by atoms with Crippen LogP contribution in [0.15, 0.2) is 47.5 Å². The minimum Gasteiger partial charge on any atom is -0.346 e. The molecule has 2 amide bonds. The van der Waals surface area contributed by atoms with Crippen LogP contribution in [0.1, 0.15) is 61.8 Å². The second-order valence-electron chi connectivity index (χ2n) is 8.97. The lowest BCUT2D eigenvalue weighted by atomic mass is 9.82. The molecule has 2 rings (SSSR count). The summed E-state index contributed by atoms with van der Waals surface area (Å²) in [7, 11) is 0. The predicted molar refractivity (Wildman–Crippen MR) is 117 cm³/mol. The maximum absolute atomic E-state index is 13.0. The van der Waals surface area contributed by atoms with E-state index in [0.29, 0.717) is 5.56 Å². The molecule has 0 unspecified atom stereocenters. The molecule has 0 saturated heterocycles. The minimum absolute atomic E-state index is 0.0687. The third-order valence-corrected chi connectivity index (χ3v) is 4.85. The largest absolute Gasteiger partial charge is 0.346 e. The second kappa shape index (κ2) is 8.74. The number of hydrogen-bond donors (Lipinski definition) is 2. The highest BCUT2D eigenvalue weighted by atomic mass is 32.1. The maximum atomic E-state index is 13.0. The first-order valence-electron chi connectivity index (χ1n) is 9.41. The molecule has 1 heterocycles. The zero-order valence-electron chi connectivity index (χ0n) is 17.6. The fourth-order valence-electron chi connectivity index (χ4n) is 3.40. The van der Waals surface area contributed by atoms with E-state index in [1.54, 1.807) is 18.2 Å². The van der Waals surface area contributed by atoms with Crippen LogP contribution in [0.5, 0.6) is 0 Å². The molecule has 0 spiro atoms. The van der Waals surface area contributed by atoms with Gasteiger partial charge in [-0.1, -0.05) is 44.5 Å². The van der Waals surface area contributed by atoms with Gasteiger partial charge in [0.1, 0.15) is 5.70 Å². The van der Waals surface area contributed by atoms with Gasteiger partial charge in [0.25, 0.3) is 11.8 Å². The van der Waals surface area contributed by atoms with Crippen LogP contribution in [-0.2, 0) is 4.79 Å². The molecule has 0 saturated carbocycles. The Bertz CT molecular complexity index is 859. The second-order valence-corrected chi connectivity index (χ2v) is 9.95. The Labute approximate surface area is 172 Å². The smallest absolute Gasteiger partial charge is 0.268 e. The monoisotopic (exact) mass is 398 g/mol. The van der Waals surface area contributed by atoms with Crippen LogP contribution in [0.3, 0.4) is 0 Å². The summed E-state index contributed by atoms with van der Waals surface area (Å²) in [5, 5.41) is 7.81. The first-order chi connectivity index (χ1) is 13.0. The van der Waals surface area contributed by atoms with Crippen molar-refractivity contribution in [2.24, 2.45) is 5.41 Å². The van der Waals surface area contributed by atoms with Crippen LogP contribution in [0.4, 0.5) is 0 Å². The summed E-state index contributed by atoms with van der Waals surface area (Å²) in [5.74, 6) is -0.584. The molecule has 2 aromatic rings. The van der Waals surface area contributed by atoms with Crippen molar-refractivity contribution >= 4 is 29.2 Å². The molecule has 1 aromatic heterocycles. The Morgan fingerprint density at radius 1 is 1.07 bits per heavy atom. The van der Waals surface area contributed by atoms with Crippen LogP contribution < -0.4 is 10.6 Å². The van der Waals surface area contributed by atoms with Crippen molar-refractivity contribution in [1.29, 1.82) is 0 Å². The number of rotatable bonds is 6. The Morgan fingerprint density at radius 3 is 2.36 bits per heavy atom. The van der Waals surface area contributed by atoms with E-state index in [4.69, 9.17) is 0 Å². The standard InChI is InChI=1S/C23H30N2O2S/c1-16-9-7-10-17(13-16)20(26)24-19(14-18-11-8-12-28-18)21(27)25-23(5,6)15-22(2,3)4/h7-14H,15H2,1-6H3,(H,24,26)(H,25,27)/b19-14-. The summed E-state index contributed by atoms with van der Waals surface area (Å²) in [6, 6.07) is 11.1. The lowest BCUT2D eigenvalue weighted by Gasteiger charge is -2.33. The fraction of sp³-hybridized carbons (Fsp3) is 0.391. The zero-order valence-corrected chi connectivity index (χ0v) is 18.4. The van der Waals surface area contributed by atoms with Crippen molar-refractivity contribution < 1.29 is 9.59 Å². The van der Waals surface area contributed by atoms with E-state index in [-0.39, 0.29) is 22.9 Å². The van der Waals surface area contributed by atoms with Gasteiger partial charge < -0.3 is 10.6 Å². The van der Waals surface area contributed by atoms with Crippen molar-refractivity contribution in [1.82, 2.24) is 10.6 Å². The highest BCUT2D eigenvalue weighted by Gasteiger charge is 2.28. The Kier molecular flexibility index (Phi) is 6.83. The summed E-state index contributed by atoms with van der Waals surface area (Å²) in [6.07, 6.45) is 2.53. The number of nitrogens with one attached hydrogen (secondary N) is 2. The molecule has 0 fully saturated rings. The van der Waals surface area contributed by atoms with Crippen molar-refractivity contribution in [3.63, 3.8) is 0 Å². The molecule has 0 bridgehead atoms. The highest BCUT2D eigenvalue weighted by molar-refractivity contribution is 7.10. The third-order valence-electron chi connectivity index (χ3n) is 4.03. The lowest BCUT2D eigenvalue weighted by Crippen LogP contribution is -2.48. The van der Waals surface area contributed by atoms with E-state index < -0.39 is 5.54 Å². The van der Waals surface area contributed by atoms with Gasteiger partial charge >= 0.3 is 0 Å². The van der Waals surface area contributed by atoms with E-state index in [2.05, 4.69) is 31.4 Å². The number of hydrogen-bond acceptors (Lipinski definition) is 3. The number of carbonyl (C=O) groups excluding carboxylic acids is 2. The van der Waals surface area contributed by atoms with E-state index >= 15 is 0 Å². The summed E-state index contributed by atoms with van der Waals surface area (Å²) < 4.78 is 0. The maximum Gasteiger partial charge on any atom is 0.268 e. The van der Waals surface area contributed by atoms with Crippen molar-refractivity contribution in [2.75, 3.05) is 0 Å². The van der Waals surface area contributed by atoms with Gasteiger partial charge in [-0.3, -0.25) is 9.59 Å². The van der Waals surface area contributed by atoms with Gasteiger partial charge in [-0.05, 0) is 62.3 Å². The van der Waals surface area contributed by atoms with Gasteiger partial charge in [0, 0.05) is 16.0 Å². The molecule has 0 aliphatic heterocycles. The Morgan fingerprint density at radius 2 is 1.79 bits per heavy atom. The lowest BCUT2D eigenvalue weighted by molar-refractivity contribution is -0.119. The molecule has 0 atom stereocenters. The Balaban J connectivity index is 2.25. The predicted octanol–water partition coefficient (Wildman–Crippen LogP) is 5.16. The third kappa shape index (κ3) is 6.97. The van der Waals surface area contributed by atoms with E-state index in [9.17, 15) is 9.59 Å². The van der Waals surface area contributed by atoms with Gasteiger partial charge in [-0.15, -0.1) is 11.3 Å². The summed E-state index contributed by atoms with van der Waals surface area (Å²) in [5.41, 5.74) is 1.43. The molecular weight excluding hydrogens is 368 g/mol. The molecule has 1 aromatic carbocycles. The average Bonchev–Trinajstić information content (AvgIpc) is 3.04. The van der Waals surface area contributed by atoms with Crippen LogP contribution in [-0.4, -0.2) is 17.4 Å². The summed E-state index contributed by atoms with van der Waals surface area (Å²) in [4.78, 5) is 26.6. The molecule has 0 aliphatic carbocycles. The van der Waals surface area contributed by atoms with E-state index in [1.807, 2.05) is 50.4 Å². The SMILES string of the molecule is Cc1cccc(C(=O)N/C(=C\c2cccs2)C(=O)NC(C)(C)CC(C)(C)C)c1. The van der Waals surface area contributed by atoms with Crippen molar-refractivity contribution in [3.05, 3.63) is 63.5 Å². The average molecular weight is 399 g/mol. The minimum atomic E-state index is -0.405. The molecule has 150 valence electrons. The van der Waals surface area contributed by atoms with Crippen LogP contribution >= 0.6 is 11.3 Å². The zero-order chi connectivity index (χ0) is 20.9. The topological polar surface area (TPSA) is 58.2 Å². The van der Waals surface area contributed by atoms with E-state index in [1.165, 1.54) is 11.3 Å². The quantitative estimate of drug-likeness (QED) is 0.661. The normalized spacial score (nSPS) is 12.6. The Hall–Kier alpha value is -2.40. The number of aryl methyl sites for hydroxylation is 1. The van der Waals surface area contributed by atoms with Gasteiger partial charge in [0.05, 0.1) is 0 Å². The number of thiophene rings is 1. The molecule has 0 radical (unpaired) electrons. The summed E-state index contributed by atoms with van der Waals surface area (Å²) >= 11 is 1.51. The van der Waals surface area contributed by atoms with Crippen molar-refractivity contribution in [2.45, 2.75) is 53.5 Å². The van der Waals surface area contributed by atoms with Gasteiger partial charge in [0.2, 0.25) is 0 Å². The van der Waals surface area contributed by atoms with Crippen LogP contribution in [0.2, 0.25) is 0 Å². The van der Waals surface area contributed by atoms with Crippen molar-refractivity contribution in [3.8, 4) is 0 Å². The van der Waals surface area contributed by atoms with Gasteiger partial charge in [0.15, 0.2) is 0 Å². The first-order valence-corrected chi connectivity index (χ1v) is 10.3. The van der Waals surface area contributed by atoms with Gasteiger partial charge in [-0.25, -0.2) is 0 Å². The molecule has 2 N–H and O–H groups in total. The fourth-order valence-corrected chi connectivity index (χ4v) is 4.06. The van der Waals surface area contributed by atoms with Gasteiger partial charge in [-0.2, -0.15) is 0 Å². The molecule has 28 heavy (non-hydrogen) atoms. The molecule has 4 nitrogen and oxygen atoms in total. The molecule has 0 aliphatic rings. The molecular formula is C23H30N2O2S. The summed E-state index contributed by atoms with van der Waals surface area (Å²) in [6.45, 7) is 12.4. The van der Waals surface area contributed by atoms with Crippen LogP contribution in [0, 0.1) is 12.3 Å². The first kappa shape index (κ1) is 21.9. The number of benzene rings is 1.